The quantitative estimate of drug-likeness (QED) is 0.0792. The first-order valence-corrected chi connectivity index (χ1v) is 17.6. The van der Waals surface area contributed by atoms with Crippen LogP contribution in [0.4, 0.5) is 0 Å². The number of amides is 7. The Morgan fingerprint density at radius 3 is 1.94 bits per heavy atom. The predicted octanol–water partition coefficient (Wildman–Crippen LogP) is 0.397. The van der Waals surface area contributed by atoms with Gasteiger partial charge in [-0.05, 0) is 64.0 Å². The number of aryl methyl sites for hydroxylation is 1. The van der Waals surface area contributed by atoms with Gasteiger partial charge in [0.15, 0.2) is 0 Å². The average molecular weight is 729 g/mol. The molecule has 1 saturated carbocycles. The Bertz CT molecular complexity index is 1480. The summed E-state index contributed by atoms with van der Waals surface area (Å²) >= 11 is 0. The van der Waals surface area contributed by atoms with Gasteiger partial charge in [0, 0.05) is 69.8 Å². The lowest BCUT2D eigenvalue weighted by Crippen LogP contribution is -2.42. The number of nitrogens with one attached hydrogen (secondary N) is 5. The second-order valence-electron chi connectivity index (χ2n) is 12.9. The smallest absolute Gasteiger partial charge is 0.336 e. The van der Waals surface area contributed by atoms with Gasteiger partial charge < -0.3 is 36.5 Å². The number of carbonyl (C=O) groups excluding carboxylic acids is 8. The highest BCUT2D eigenvalue weighted by molar-refractivity contribution is 6.01. The highest BCUT2D eigenvalue weighted by Gasteiger charge is 2.37. The number of aliphatic carboxylic acids is 1. The molecular weight excluding hydrogens is 680 g/mol. The van der Waals surface area contributed by atoms with Gasteiger partial charge in [-0.3, -0.25) is 33.6 Å². The minimum atomic E-state index is -1.18. The molecule has 2 fully saturated rings. The minimum Gasteiger partial charge on any atom is -0.480 e. The number of nitrogens with zero attached hydrogens (tertiary/aromatic N) is 1. The molecule has 6 N–H and O–H groups in total. The number of hydroxylamine groups is 2. The zero-order chi connectivity index (χ0) is 38.0. The van der Waals surface area contributed by atoms with Crippen LogP contribution in [0.15, 0.2) is 24.3 Å². The first-order chi connectivity index (χ1) is 24.8. The predicted molar refractivity (Wildman–Crippen MR) is 182 cm³/mol. The molecule has 7 amide bonds. The maximum Gasteiger partial charge on any atom is 0.336 e. The van der Waals surface area contributed by atoms with E-state index in [9.17, 15) is 48.3 Å². The van der Waals surface area contributed by atoms with Crippen molar-refractivity contribution >= 4 is 53.3 Å². The van der Waals surface area contributed by atoms with E-state index >= 15 is 0 Å². The van der Waals surface area contributed by atoms with Crippen molar-refractivity contribution in [1.82, 2.24) is 31.6 Å². The fourth-order valence-electron chi connectivity index (χ4n) is 5.75. The SMILES string of the molecule is Cc1cccc(C(=O)NCCCCC(NC(=O)CCNC(=O)CCNC(=O)CCNC(=O)C2CCC(C(=O)ON3C(=O)CCC3=O)CC2)C(=O)O)c1. The maximum absolute atomic E-state index is 12.5. The van der Waals surface area contributed by atoms with Crippen molar-refractivity contribution in [2.45, 2.75) is 90.0 Å². The largest absolute Gasteiger partial charge is 0.480 e. The van der Waals surface area contributed by atoms with Gasteiger partial charge in [-0.25, -0.2) is 9.59 Å². The zero-order valence-corrected chi connectivity index (χ0v) is 29.3. The Balaban J connectivity index is 1.19. The Morgan fingerprint density at radius 1 is 0.769 bits per heavy atom. The van der Waals surface area contributed by atoms with Gasteiger partial charge in [0.25, 0.3) is 17.7 Å². The molecule has 17 nitrogen and oxygen atoms in total. The van der Waals surface area contributed by atoms with E-state index in [1.807, 2.05) is 13.0 Å². The van der Waals surface area contributed by atoms with E-state index in [4.69, 9.17) is 4.84 Å². The van der Waals surface area contributed by atoms with E-state index in [0.29, 0.717) is 55.7 Å². The molecule has 284 valence electrons. The summed E-state index contributed by atoms with van der Waals surface area (Å²) in [5.41, 5.74) is 1.51. The van der Waals surface area contributed by atoms with Gasteiger partial charge in [-0.1, -0.05) is 17.7 Å². The molecule has 17 heteroatoms. The molecule has 52 heavy (non-hydrogen) atoms. The molecule has 1 saturated heterocycles. The number of imide groups is 1. The fraction of sp³-hybridized carbons (Fsp3) is 0.571. The number of rotatable bonds is 20. The van der Waals surface area contributed by atoms with Crippen LogP contribution in [-0.2, 0) is 43.2 Å². The number of benzene rings is 1. The van der Waals surface area contributed by atoms with Crippen molar-refractivity contribution in [2.24, 2.45) is 11.8 Å². The highest BCUT2D eigenvalue weighted by Crippen LogP contribution is 2.30. The van der Waals surface area contributed by atoms with Crippen LogP contribution in [0.1, 0.15) is 93.0 Å². The van der Waals surface area contributed by atoms with Crippen LogP contribution in [0.5, 0.6) is 0 Å². The summed E-state index contributed by atoms with van der Waals surface area (Å²) in [4.78, 5) is 113. The first kappa shape index (κ1) is 41.1. The molecule has 1 unspecified atom stereocenters. The van der Waals surface area contributed by atoms with E-state index in [-0.39, 0.29) is 81.8 Å². The van der Waals surface area contributed by atoms with Gasteiger partial charge >= 0.3 is 11.9 Å². The normalized spacial score (nSPS) is 17.4. The number of carboxylic acid groups (broad SMARTS) is 1. The number of carboxylic acids is 1. The van der Waals surface area contributed by atoms with Crippen LogP contribution < -0.4 is 26.6 Å². The summed E-state index contributed by atoms with van der Waals surface area (Å²) in [6.45, 7) is 2.33. The van der Waals surface area contributed by atoms with Crippen molar-refractivity contribution in [2.75, 3.05) is 26.2 Å². The van der Waals surface area contributed by atoms with Crippen LogP contribution in [-0.4, -0.2) is 95.7 Å². The van der Waals surface area contributed by atoms with Gasteiger partial charge in [0.05, 0.1) is 5.92 Å². The third-order valence-electron chi connectivity index (χ3n) is 8.74. The van der Waals surface area contributed by atoms with E-state index in [0.717, 1.165) is 5.56 Å². The molecule has 2 aliphatic rings. The van der Waals surface area contributed by atoms with Gasteiger partial charge in [0.2, 0.25) is 23.6 Å². The second-order valence-corrected chi connectivity index (χ2v) is 12.9. The van der Waals surface area contributed by atoms with Crippen molar-refractivity contribution in [3.63, 3.8) is 0 Å². The van der Waals surface area contributed by atoms with Crippen LogP contribution in [0.3, 0.4) is 0 Å². The molecule has 1 aliphatic carbocycles. The van der Waals surface area contributed by atoms with Gasteiger partial charge in [-0.15, -0.1) is 5.06 Å². The molecule has 1 aliphatic heterocycles. The number of carbonyl (C=O) groups is 9. The van der Waals surface area contributed by atoms with Gasteiger partial charge in [-0.2, -0.15) is 0 Å². The number of hydrogen-bond donors (Lipinski definition) is 6. The summed E-state index contributed by atoms with van der Waals surface area (Å²) in [5.74, 6) is -5.61. The van der Waals surface area contributed by atoms with Crippen molar-refractivity contribution in [3.05, 3.63) is 35.4 Å². The summed E-state index contributed by atoms with van der Waals surface area (Å²) in [7, 11) is 0. The number of hydrogen-bond acceptors (Lipinski definition) is 10. The Labute approximate surface area is 301 Å². The Morgan fingerprint density at radius 2 is 1.35 bits per heavy atom. The fourth-order valence-corrected chi connectivity index (χ4v) is 5.75. The molecule has 3 rings (SSSR count). The summed E-state index contributed by atoms with van der Waals surface area (Å²) in [6, 6.07) is 6.05. The van der Waals surface area contributed by atoms with E-state index in [2.05, 4.69) is 26.6 Å². The Hall–Kier alpha value is -5.35. The van der Waals surface area contributed by atoms with Crippen LogP contribution in [0.25, 0.3) is 0 Å². The second kappa shape index (κ2) is 21.1. The van der Waals surface area contributed by atoms with Crippen molar-refractivity contribution < 1.29 is 53.1 Å². The topological polar surface area (TPSA) is 246 Å². The molecule has 0 bridgehead atoms. The molecule has 0 aromatic heterocycles. The first-order valence-electron chi connectivity index (χ1n) is 17.6. The van der Waals surface area contributed by atoms with Crippen LogP contribution in [0, 0.1) is 18.8 Å². The molecule has 1 aromatic carbocycles. The molecule has 1 heterocycles. The Kier molecular flexibility index (Phi) is 16.7. The lowest BCUT2D eigenvalue weighted by atomic mass is 9.81. The summed E-state index contributed by atoms with van der Waals surface area (Å²) < 4.78 is 0. The standard InChI is InChI=1S/C35H48N6O11/c1-22-5-4-6-25(21-22)33(48)38-17-3-2-7-26(34(49)50)40-29(44)16-19-37-27(42)14-18-36-28(43)15-20-39-32(47)23-8-10-24(11-9-23)35(51)52-41-30(45)12-13-31(41)46/h4-6,21,23-24,26H,2-3,7-20H2,1H3,(H,36,43)(H,37,42)(H,38,48)(H,39,47)(H,40,44)(H,49,50). The lowest BCUT2D eigenvalue weighted by molar-refractivity contribution is -0.201. The summed E-state index contributed by atoms with van der Waals surface area (Å²) in [5, 5.41) is 23.1. The zero-order valence-electron chi connectivity index (χ0n) is 29.3. The molecule has 0 spiro atoms. The van der Waals surface area contributed by atoms with Crippen molar-refractivity contribution in [3.8, 4) is 0 Å². The van der Waals surface area contributed by atoms with E-state index in [1.54, 1.807) is 18.2 Å². The average Bonchev–Trinajstić information content (AvgIpc) is 3.42. The van der Waals surface area contributed by atoms with Crippen LogP contribution >= 0.6 is 0 Å². The molecule has 0 radical (unpaired) electrons. The van der Waals surface area contributed by atoms with Gasteiger partial charge in [0.1, 0.15) is 6.04 Å². The molecule has 1 atom stereocenters. The van der Waals surface area contributed by atoms with E-state index < -0.39 is 47.5 Å². The van der Waals surface area contributed by atoms with Crippen molar-refractivity contribution in [1.29, 1.82) is 0 Å². The van der Waals surface area contributed by atoms with Crippen LogP contribution in [0.2, 0.25) is 0 Å². The monoisotopic (exact) mass is 728 g/mol. The molecular formula is C35H48N6O11. The summed E-state index contributed by atoms with van der Waals surface area (Å²) in [6.07, 6.45) is 2.52. The third-order valence-corrected chi connectivity index (χ3v) is 8.74. The number of unbranched alkanes of at least 4 members (excludes halogenated alkanes) is 1. The highest BCUT2D eigenvalue weighted by atomic mass is 16.7. The molecule has 1 aromatic rings. The maximum atomic E-state index is 12.5. The lowest BCUT2D eigenvalue weighted by Gasteiger charge is -2.27. The minimum absolute atomic E-state index is 0.0109. The van der Waals surface area contributed by atoms with E-state index in [1.165, 1.54) is 0 Å². The third kappa shape index (κ3) is 14.1.